The Bertz CT molecular complexity index is 692. The van der Waals surface area contributed by atoms with Crippen molar-refractivity contribution in [3.8, 4) is 0 Å². The number of thiophene rings is 2. The van der Waals surface area contributed by atoms with Crippen LogP contribution < -0.4 is 10.0 Å². The van der Waals surface area contributed by atoms with Crippen LogP contribution in [0.5, 0.6) is 0 Å². The van der Waals surface area contributed by atoms with E-state index in [0.29, 0.717) is 24.0 Å². The van der Waals surface area contributed by atoms with Gasteiger partial charge in [0.05, 0.1) is 8.68 Å². The average molecular weight is 409 g/mol. The zero-order valence-electron chi connectivity index (χ0n) is 11.7. The first-order valence-corrected chi connectivity index (χ1v) is 10.4. The lowest BCUT2D eigenvalue weighted by Crippen LogP contribution is -2.26. The summed E-state index contributed by atoms with van der Waals surface area (Å²) in [5.74, 6) is 0. The highest BCUT2D eigenvalue weighted by Gasteiger charge is 2.19. The molecule has 0 amide bonds. The third-order valence-electron chi connectivity index (χ3n) is 2.73. The minimum Gasteiger partial charge on any atom is -0.310 e. The van der Waals surface area contributed by atoms with Crippen molar-refractivity contribution >= 4 is 48.6 Å². The zero-order chi connectivity index (χ0) is 15.5. The summed E-state index contributed by atoms with van der Waals surface area (Å²) in [5, 5.41) is 5.06. The lowest BCUT2D eigenvalue weighted by atomic mass is 10.4. The Balaban J connectivity index is 2.07. The standard InChI is InChI=1S/C13H17BrN2O2S3/c1-9(2)15-8-11-12(5-6-19-11)21(17,18)16-7-10-3-4-13(14)20-10/h3-6,9,15-16H,7-8H2,1-2H3. The fraction of sp³-hybridized carbons (Fsp3) is 0.385. The largest absolute Gasteiger partial charge is 0.310 e. The van der Waals surface area contributed by atoms with Crippen molar-refractivity contribution in [2.45, 2.75) is 37.9 Å². The number of hydrogen-bond acceptors (Lipinski definition) is 5. The molecule has 0 saturated heterocycles. The van der Waals surface area contributed by atoms with E-state index in [1.165, 1.54) is 22.7 Å². The monoisotopic (exact) mass is 408 g/mol. The smallest absolute Gasteiger partial charge is 0.242 e. The molecule has 0 spiro atoms. The normalized spacial score (nSPS) is 12.2. The minimum absolute atomic E-state index is 0.311. The second kappa shape index (κ2) is 7.34. The highest BCUT2D eigenvalue weighted by atomic mass is 79.9. The van der Waals surface area contributed by atoms with Crippen LogP contribution in [0.25, 0.3) is 0 Å². The van der Waals surface area contributed by atoms with Crippen LogP contribution in [0.4, 0.5) is 0 Å². The lowest BCUT2D eigenvalue weighted by molar-refractivity contribution is 0.572. The lowest BCUT2D eigenvalue weighted by Gasteiger charge is -2.10. The Morgan fingerprint density at radius 3 is 2.62 bits per heavy atom. The molecule has 0 atom stereocenters. The van der Waals surface area contributed by atoms with E-state index < -0.39 is 10.0 Å². The van der Waals surface area contributed by atoms with Crippen LogP contribution in [0, 0.1) is 0 Å². The van der Waals surface area contributed by atoms with E-state index in [1.807, 2.05) is 31.4 Å². The quantitative estimate of drug-likeness (QED) is 0.736. The Hall–Kier alpha value is -0.250. The van der Waals surface area contributed by atoms with E-state index >= 15 is 0 Å². The van der Waals surface area contributed by atoms with Crippen molar-refractivity contribution in [3.05, 3.63) is 37.1 Å². The van der Waals surface area contributed by atoms with E-state index in [0.717, 1.165) is 13.5 Å². The number of sulfonamides is 1. The molecule has 0 radical (unpaired) electrons. The molecule has 0 aliphatic rings. The second-order valence-electron chi connectivity index (χ2n) is 4.77. The van der Waals surface area contributed by atoms with Crippen LogP contribution >= 0.6 is 38.6 Å². The predicted molar refractivity (Wildman–Crippen MR) is 92.3 cm³/mol. The molecule has 0 aliphatic heterocycles. The minimum atomic E-state index is -3.47. The van der Waals surface area contributed by atoms with E-state index in [9.17, 15) is 8.42 Å². The van der Waals surface area contributed by atoms with Crippen LogP contribution in [-0.4, -0.2) is 14.5 Å². The van der Waals surface area contributed by atoms with Crippen molar-refractivity contribution in [3.63, 3.8) is 0 Å². The average Bonchev–Trinajstić information content (AvgIpc) is 3.03. The van der Waals surface area contributed by atoms with Gasteiger partial charge in [0.15, 0.2) is 0 Å². The molecule has 0 saturated carbocycles. The summed E-state index contributed by atoms with van der Waals surface area (Å²) in [6, 6.07) is 5.80. The van der Waals surface area contributed by atoms with Gasteiger partial charge in [0, 0.05) is 28.9 Å². The first-order chi connectivity index (χ1) is 9.88. The second-order valence-corrected chi connectivity index (χ2v) is 10.1. The maximum Gasteiger partial charge on any atom is 0.242 e. The molecule has 2 aromatic heterocycles. The van der Waals surface area contributed by atoms with Crippen LogP contribution in [0.15, 0.2) is 32.3 Å². The molecule has 2 aromatic rings. The van der Waals surface area contributed by atoms with Gasteiger partial charge in [0.25, 0.3) is 0 Å². The Labute approximate surface area is 141 Å². The molecule has 2 rings (SSSR count). The highest BCUT2D eigenvalue weighted by Crippen LogP contribution is 2.24. The van der Waals surface area contributed by atoms with Gasteiger partial charge in [-0.25, -0.2) is 13.1 Å². The molecule has 8 heteroatoms. The SMILES string of the molecule is CC(C)NCc1sccc1S(=O)(=O)NCc1ccc(Br)s1. The maximum atomic E-state index is 12.4. The molecule has 2 heterocycles. The van der Waals surface area contributed by atoms with E-state index in [1.54, 1.807) is 6.07 Å². The van der Waals surface area contributed by atoms with Crippen molar-refractivity contribution in [2.75, 3.05) is 0 Å². The summed E-state index contributed by atoms with van der Waals surface area (Å²) in [6.07, 6.45) is 0. The summed E-state index contributed by atoms with van der Waals surface area (Å²) in [4.78, 5) is 2.18. The van der Waals surface area contributed by atoms with E-state index in [2.05, 4.69) is 26.0 Å². The maximum absolute atomic E-state index is 12.4. The highest BCUT2D eigenvalue weighted by molar-refractivity contribution is 9.11. The fourth-order valence-corrected chi connectivity index (χ4v) is 5.60. The van der Waals surface area contributed by atoms with Crippen LogP contribution in [0.2, 0.25) is 0 Å². The summed E-state index contributed by atoms with van der Waals surface area (Å²) in [7, 11) is -3.47. The third kappa shape index (κ3) is 4.87. The Kier molecular flexibility index (Phi) is 5.98. The van der Waals surface area contributed by atoms with Crippen molar-refractivity contribution in [1.29, 1.82) is 0 Å². The van der Waals surface area contributed by atoms with Crippen molar-refractivity contribution < 1.29 is 8.42 Å². The predicted octanol–water partition coefficient (Wildman–Crippen LogP) is 3.55. The molecular weight excluding hydrogens is 392 g/mol. The van der Waals surface area contributed by atoms with E-state index in [-0.39, 0.29) is 0 Å². The molecular formula is C13H17BrN2O2S3. The number of hydrogen-bond donors (Lipinski definition) is 2. The molecule has 0 aliphatic carbocycles. The fourth-order valence-electron chi connectivity index (χ4n) is 1.68. The summed E-state index contributed by atoms with van der Waals surface area (Å²) >= 11 is 6.35. The first kappa shape index (κ1) is 17.1. The third-order valence-corrected chi connectivity index (χ3v) is 6.89. The van der Waals surface area contributed by atoms with Crippen molar-refractivity contribution in [2.24, 2.45) is 0 Å². The topological polar surface area (TPSA) is 58.2 Å². The number of rotatable bonds is 7. The molecule has 0 unspecified atom stereocenters. The van der Waals surface area contributed by atoms with Crippen LogP contribution in [-0.2, 0) is 23.1 Å². The number of halogens is 1. The van der Waals surface area contributed by atoms with Crippen molar-refractivity contribution in [1.82, 2.24) is 10.0 Å². The van der Waals surface area contributed by atoms with Gasteiger partial charge in [0.1, 0.15) is 0 Å². The molecule has 116 valence electrons. The van der Waals surface area contributed by atoms with Gasteiger partial charge in [-0.2, -0.15) is 0 Å². The first-order valence-electron chi connectivity index (χ1n) is 6.42. The molecule has 21 heavy (non-hydrogen) atoms. The molecule has 0 bridgehead atoms. The number of nitrogens with one attached hydrogen (secondary N) is 2. The zero-order valence-corrected chi connectivity index (χ0v) is 15.8. The summed E-state index contributed by atoms with van der Waals surface area (Å²) in [5.41, 5.74) is 0. The van der Waals surface area contributed by atoms with Gasteiger partial charge in [-0.3, -0.25) is 0 Å². The van der Waals surface area contributed by atoms with Gasteiger partial charge in [-0.1, -0.05) is 13.8 Å². The summed E-state index contributed by atoms with van der Waals surface area (Å²) in [6.45, 7) is 4.95. The Morgan fingerprint density at radius 2 is 2.00 bits per heavy atom. The molecule has 0 aromatic carbocycles. The Morgan fingerprint density at radius 1 is 1.24 bits per heavy atom. The van der Waals surface area contributed by atoms with Gasteiger partial charge in [-0.05, 0) is 39.5 Å². The molecule has 2 N–H and O–H groups in total. The molecule has 0 fully saturated rings. The van der Waals surface area contributed by atoms with E-state index in [4.69, 9.17) is 0 Å². The summed E-state index contributed by atoms with van der Waals surface area (Å²) < 4.78 is 28.5. The molecule has 4 nitrogen and oxygen atoms in total. The van der Waals surface area contributed by atoms with Gasteiger partial charge < -0.3 is 5.32 Å². The van der Waals surface area contributed by atoms with Crippen LogP contribution in [0.3, 0.4) is 0 Å². The van der Waals surface area contributed by atoms with Gasteiger partial charge in [-0.15, -0.1) is 22.7 Å². The van der Waals surface area contributed by atoms with Gasteiger partial charge >= 0.3 is 0 Å². The van der Waals surface area contributed by atoms with Crippen LogP contribution in [0.1, 0.15) is 23.6 Å². The van der Waals surface area contributed by atoms with Gasteiger partial charge in [0.2, 0.25) is 10.0 Å².